The highest BCUT2D eigenvalue weighted by molar-refractivity contribution is 6.32. The molecule has 0 radical (unpaired) electrons. The number of aromatic nitrogens is 2. The molecule has 0 atom stereocenters. The molecule has 3 aliphatic rings. The van der Waals surface area contributed by atoms with E-state index in [-0.39, 0.29) is 31.1 Å². The molecule has 10 nitrogen and oxygen atoms in total. The van der Waals surface area contributed by atoms with E-state index in [1.165, 1.54) is 6.33 Å². The van der Waals surface area contributed by atoms with Crippen LogP contribution < -0.4 is 20.7 Å². The van der Waals surface area contributed by atoms with Gasteiger partial charge in [-0.1, -0.05) is 24.4 Å². The lowest BCUT2D eigenvalue weighted by Gasteiger charge is -2.33. The molecule has 11 heteroatoms. The Kier molecular flexibility index (Phi) is 8.83. The monoisotopic (exact) mass is 554 g/mol. The number of nitrogens with zero attached hydrogens (tertiary/aromatic N) is 3. The molecule has 39 heavy (non-hydrogen) atoms. The van der Waals surface area contributed by atoms with Crippen molar-refractivity contribution in [2.75, 3.05) is 43.4 Å². The third kappa shape index (κ3) is 6.62. The molecule has 2 aromatic rings. The van der Waals surface area contributed by atoms with Gasteiger partial charge in [0.15, 0.2) is 0 Å². The van der Waals surface area contributed by atoms with E-state index in [0.717, 1.165) is 51.6 Å². The first-order valence-electron chi connectivity index (χ1n) is 13.7. The van der Waals surface area contributed by atoms with E-state index in [1.54, 1.807) is 12.1 Å². The summed E-state index contributed by atoms with van der Waals surface area (Å²) in [6, 6.07) is 5.49. The number of carbonyl (C=O) groups is 2. The fourth-order valence-corrected chi connectivity index (χ4v) is 5.64. The van der Waals surface area contributed by atoms with Crippen molar-refractivity contribution in [3.63, 3.8) is 0 Å². The van der Waals surface area contributed by atoms with Gasteiger partial charge in [-0.2, -0.15) is 0 Å². The second-order valence-corrected chi connectivity index (χ2v) is 10.6. The fraction of sp³-hybridized carbons (Fsp3) is 0.500. The summed E-state index contributed by atoms with van der Waals surface area (Å²) in [5.74, 6) is 2.06. The predicted octanol–water partition coefficient (Wildman–Crippen LogP) is 3.74. The molecule has 1 saturated carbocycles. The Morgan fingerprint density at radius 1 is 1.15 bits per heavy atom. The number of piperidine rings is 1. The zero-order valence-electron chi connectivity index (χ0n) is 21.9. The first-order chi connectivity index (χ1) is 19.0. The van der Waals surface area contributed by atoms with Gasteiger partial charge in [-0.25, -0.2) is 9.97 Å². The van der Waals surface area contributed by atoms with Gasteiger partial charge in [0.25, 0.3) is 0 Å². The van der Waals surface area contributed by atoms with Gasteiger partial charge in [0, 0.05) is 56.2 Å². The quantitative estimate of drug-likeness (QED) is 0.388. The number of halogens is 1. The standard InChI is InChI=1S/C28H35ClN6O4/c29-23-16-20(5-6-24(23)39-21-8-12-35(13-9-21)28(38)18-3-1-2-4-18)34-26-22-15-19(27(37)31-11-14-36)7-10-30-25(22)32-17-33-26/h5-6,15-18,21,36H,1-4,7-14H2,(H,31,37)(H2,30,32,33,34). The third-order valence-electron chi connectivity index (χ3n) is 7.52. The minimum atomic E-state index is -0.230. The van der Waals surface area contributed by atoms with Crippen LogP contribution in [0.4, 0.5) is 17.3 Å². The Labute approximate surface area is 233 Å². The van der Waals surface area contributed by atoms with Crippen molar-refractivity contribution in [1.82, 2.24) is 20.2 Å². The van der Waals surface area contributed by atoms with Gasteiger partial charge in [-0.3, -0.25) is 9.59 Å². The molecule has 1 aromatic heterocycles. The second-order valence-electron chi connectivity index (χ2n) is 10.2. The summed E-state index contributed by atoms with van der Waals surface area (Å²) in [7, 11) is 0. The minimum Gasteiger partial charge on any atom is -0.489 e. The number of aliphatic hydroxyl groups is 1. The van der Waals surface area contributed by atoms with E-state index < -0.39 is 0 Å². The number of anilines is 3. The number of carbonyl (C=O) groups excluding carboxylic acids is 2. The van der Waals surface area contributed by atoms with E-state index in [1.807, 2.05) is 17.0 Å². The lowest BCUT2D eigenvalue weighted by molar-refractivity contribution is -0.137. The predicted molar refractivity (Wildman–Crippen MR) is 150 cm³/mol. The molecule has 2 aliphatic heterocycles. The average Bonchev–Trinajstić information content (AvgIpc) is 3.40. The largest absolute Gasteiger partial charge is 0.489 e. The molecule has 0 bridgehead atoms. The number of ether oxygens (including phenoxy) is 1. The van der Waals surface area contributed by atoms with E-state index in [0.29, 0.717) is 58.1 Å². The highest BCUT2D eigenvalue weighted by Gasteiger charge is 2.30. The molecule has 1 aliphatic carbocycles. The Morgan fingerprint density at radius 3 is 2.69 bits per heavy atom. The number of hydrogen-bond acceptors (Lipinski definition) is 8. The highest BCUT2D eigenvalue weighted by atomic mass is 35.5. The van der Waals surface area contributed by atoms with E-state index in [9.17, 15) is 9.59 Å². The topological polar surface area (TPSA) is 129 Å². The molecule has 2 fully saturated rings. The van der Waals surface area contributed by atoms with Crippen LogP contribution in [0.2, 0.25) is 5.02 Å². The summed E-state index contributed by atoms with van der Waals surface area (Å²) >= 11 is 6.60. The van der Waals surface area contributed by atoms with Gasteiger partial charge in [-0.05, 0) is 43.5 Å². The first-order valence-corrected chi connectivity index (χ1v) is 14.1. The smallest absolute Gasteiger partial charge is 0.247 e. The lowest BCUT2D eigenvalue weighted by atomic mass is 10.0. The van der Waals surface area contributed by atoms with Gasteiger partial charge >= 0.3 is 0 Å². The molecular weight excluding hydrogens is 520 g/mol. The van der Waals surface area contributed by atoms with Gasteiger partial charge in [-0.15, -0.1) is 0 Å². The third-order valence-corrected chi connectivity index (χ3v) is 7.82. The maximum atomic E-state index is 12.7. The molecule has 2 amide bonds. The number of fused-ring (bicyclic) bond motifs is 1. The normalized spacial score (nSPS) is 18.0. The van der Waals surface area contributed by atoms with Crippen LogP contribution in [0.3, 0.4) is 0 Å². The van der Waals surface area contributed by atoms with Crippen LogP contribution in [-0.4, -0.2) is 70.7 Å². The van der Waals surface area contributed by atoms with Crippen LogP contribution in [-0.2, 0) is 9.59 Å². The second kappa shape index (κ2) is 12.7. The summed E-state index contributed by atoms with van der Waals surface area (Å²) in [6.07, 6.45) is 9.71. The van der Waals surface area contributed by atoms with Crippen LogP contribution in [0.25, 0.3) is 6.08 Å². The van der Waals surface area contributed by atoms with Crippen LogP contribution in [0.15, 0.2) is 30.1 Å². The number of rotatable bonds is 8. The SMILES string of the molecule is O=C(NCCO)C1=Cc2c(ncnc2Nc2ccc(OC3CCN(C(=O)C4CCCC4)CC3)c(Cl)c2)NCC1. The number of nitrogens with one attached hydrogen (secondary N) is 3. The molecule has 1 aromatic carbocycles. The van der Waals surface area contributed by atoms with Crippen molar-refractivity contribution in [3.8, 4) is 5.75 Å². The molecule has 1 saturated heterocycles. The van der Waals surface area contributed by atoms with Crippen LogP contribution in [0.5, 0.6) is 5.75 Å². The zero-order valence-corrected chi connectivity index (χ0v) is 22.7. The van der Waals surface area contributed by atoms with Crippen LogP contribution in [0, 0.1) is 5.92 Å². The number of hydrogen-bond donors (Lipinski definition) is 4. The van der Waals surface area contributed by atoms with Gasteiger partial charge < -0.3 is 30.7 Å². The van der Waals surface area contributed by atoms with Crippen LogP contribution in [0.1, 0.15) is 50.5 Å². The van der Waals surface area contributed by atoms with Gasteiger partial charge in [0.05, 0.1) is 17.2 Å². The van der Waals surface area contributed by atoms with Crippen molar-refractivity contribution in [1.29, 1.82) is 0 Å². The van der Waals surface area contributed by atoms with Crippen molar-refractivity contribution in [2.24, 2.45) is 5.92 Å². The Balaban J connectivity index is 1.23. The van der Waals surface area contributed by atoms with Crippen molar-refractivity contribution >= 4 is 46.8 Å². The molecule has 5 rings (SSSR count). The van der Waals surface area contributed by atoms with Gasteiger partial charge in [0.1, 0.15) is 29.8 Å². The van der Waals surface area contributed by atoms with E-state index in [2.05, 4.69) is 25.9 Å². The van der Waals surface area contributed by atoms with E-state index in [4.69, 9.17) is 21.4 Å². The Morgan fingerprint density at radius 2 is 1.95 bits per heavy atom. The number of likely N-dealkylation sites (tertiary alicyclic amines) is 1. The number of benzene rings is 1. The molecular formula is C28H35ClN6O4. The van der Waals surface area contributed by atoms with Crippen LogP contribution >= 0.6 is 11.6 Å². The summed E-state index contributed by atoms with van der Waals surface area (Å²) < 4.78 is 6.22. The molecule has 0 spiro atoms. The Hall–Kier alpha value is -3.37. The summed E-state index contributed by atoms with van der Waals surface area (Å²) in [6.45, 7) is 2.06. The number of aliphatic hydroxyl groups excluding tert-OH is 1. The average molecular weight is 555 g/mol. The lowest BCUT2D eigenvalue weighted by Crippen LogP contribution is -2.44. The maximum Gasteiger partial charge on any atom is 0.247 e. The minimum absolute atomic E-state index is 0.0122. The molecule has 0 unspecified atom stereocenters. The summed E-state index contributed by atoms with van der Waals surface area (Å²) in [5, 5.41) is 18.7. The molecule has 3 heterocycles. The summed E-state index contributed by atoms with van der Waals surface area (Å²) in [4.78, 5) is 36.0. The van der Waals surface area contributed by atoms with Gasteiger partial charge in [0.2, 0.25) is 11.8 Å². The van der Waals surface area contributed by atoms with E-state index >= 15 is 0 Å². The molecule has 208 valence electrons. The summed E-state index contributed by atoms with van der Waals surface area (Å²) in [5.41, 5.74) is 1.96. The molecule has 4 N–H and O–H groups in total. The van der Waals surface area contributed by atoms with Crippen molar-refractivity contribution in [2.45, 2.75) is 51.0 Å². The van der Waals surface area contributed by atoms with Crippen molar-refractivity contribution < 1.29 is 19.4 Å². The maximum absolute atomic E-state index is 12.7. The highest BCUT2D eigenvalue weighted by Crippen LogP contribution is 2.34. The first kappa shape index (κ1) is 27.2. The Bertz CT molecular complexity index is 1220. The van der Waals surface area contributed by atoms with Crippen molar-refractivity contribution in [3.05, 3.63) is 40.7 Å². The fourth-order valence-electron chi connectivity index (χ4n) is 5.41. The zero-order chi connectivity index (χ0) is 27.2. The number of amides is 2.